The molecule has 0 spiro atoms. The minimum absolute atomic E-state index is 0.424. The minimum atomic E-state index is -0.939. The van der Waals surface area contributed by atoms with Crippen molar-refractivity contribution in [2.45, 2.75) is 24.8 Å². The highest BCUT2D eigenvalue weighted by atomic mass is 32.3. The van der Waals surface area contributed by atoms with Gasteiger partial charge in [0.25, 0.3) is 0 Å². The summed E-state index contributed by atoms with van der Waals surface area (Å²) in [6, 6.07) is 4.16. The second-order valence-electron chi connectivity index (χ2n) is 5.83. The maximum Gasteiger partial charge on any atom is 0.156 e. The van der Waals surface area contributed by atoms with Crippen LogP contribution in [0.4, 0.5) is 0 Å². The van der Waals surface area contributed by atoms with Crippen LogP contribution in [-0.2, 0) is 18.2 Å². The Kier molecular flexibility index (Phi) is 6.90. The lowest BCUT2D eigenvalue weighted by atomic mass is 10.1. The Bertz CT molecular complexity index is 933. The normalized spacial score (nSPS) is 12.1. The quantitative estimate of drug-likeness (QED) is 0.405. The van der Waals surface area contributed by atoms with E-state index in [9.17, 15) is 9.81 Å². The van der Waals surface area contributed by atoms with Crippen LogP contribution in [0.1, 0.15) is 25.3 Å². The molecule has 3 rings (SSSR count). The zero-order valence-electron chi connectivity index (χ0n) is 15.1. The molecule has 1 unspecified atom stereocenters. The summed E-state index contributed by atoms with van der Waals surface area (Å²) in [4.78, 5) is 13.2. The number of nitriles is 1. The number of rotatable bonds is 8. The van der Waals surface area contributed by atoms with Gasteiger partial charge < -0.3 is 9.12 Å². The number of thioether (sulfide) groups is 1. The van der Waals surface area contributed by atoms with Crippen molar-refractivity contribution in [3.05, 3.63) is 35.7 Å². The van der Waals surface area contributed by atoms with E-state index in [2.05, 4.69) is 27.9 Å². The third-order valence-electron chi connectivity index (χ3n) is 3.89. The summed E-state index contributed by atoms with van der Waals surface area (Å²) >= 11 is 1.93. The highest BCUT2D eigenvalue weighted by Gasteiger charge is 2.20. The molecule has 27 heavy (non-hydrogen) atoms. The number of unbranched alkanes of at least 4 members (excludes halogenated alkanes) is 1. The summed E-state index contributed by atoms with van der Waals surface area (Å²) in [6.45, 7) is 2.08. The molecule has 9 heteroatoms. The number of thiazole rings is 1. The van der Waals surface area contributed by atoms with E-state index in [4.69, 9.17) is 0 Å². The molecular formula is C18H19N5OS3. The summed E-state index contributed by atoms with van der Waals surface area (Å²) < 4.78 is 14.1. The summed E-state index contributed by atoms with van der Waals surface area (Å²) in [7, 11) is 1.89. The Morgan fingerprint density at radius 3 is 2.93 bits per heavy atom. The lowest BCUT2D eigenvalue weighted by Gasteiger charge is -2.13. The highest BCUT2D eigenvalue weighted by molar-refractivity contribution is 8.12. The van der Waals surface area contributed by atoms with E-state index in [1.807, 2.05) is 23.1 Å². The van der Waals surface area contributed by atoms with Gasteiger partial charge >= 0.3 is 0 Å². The molecular weight excluding hydrogens is 398 g/mol. The van der Waals surface area contributed by atoms with E-state index < -0.39 is 11.2 Å². The van der Waals surface area contributed by atoms with E-state index in [-0.39, 0.29) is 0 Å². The SMILES string of the molecule is CCCC[S+]([O-])CSc1nc(-c2nccs2)cc(-c2cncn2C)c1C#N. The van der Waals surface area contributed by atoms with Gasteiger partial charge in [0.2, 0.25) is 0 Å². The molecule has 0 fully saturated rings. The average Bonchev–Trinajstić information content (AvgIpc) is 3.35. The van der Waals surface area contributed by atoms with Gasteiger partial charge in [-0.25, -0.2) is 15.0 Å². The first-order valence-corrected chi connectivity index (χ1v) is 11.8. The second-order valence-corrected chi connectivity index (χ2v) is 9.63. The van der Waals surface area contributed by atoms with Gasteiger partial charge in [-0.3, -0.25) is 0 Å². The van der Waals surface area contributed by atoms with Crippen LogP contribution in [0.2, 0.25) is 0 Å². The van der Waals surface area contributed by atoms with E-state index >= 15 is 0 Å². The lowest BCUT2D eigenvalue weighted by Crippen LogP contribution is -2.09. The molecule has 140 valence electrons. The number of pyridine rings is 1. The van der Waals surface area contributed by atoms with Crippen molar-refractivity contribution < 1.29 is 4.55 Å². The summed E-state index contributed by atoms with van der Waals surface area (Å²) in [5.74, 6) is 0.673. The van der Waals surface area contributed by atoms with E-state index in [0.717, 1.165) is 29.1 Å². The van der Waals surface area contributed by atoms with Gasteiger partial charge in [0.05, 0.1) is 23.8 Å². The van der Waals surface area contributed by atoms with Gasteiger partial charge in [0.15, 0.2) is 5.08 Å². The molecule has 0 N–H and O–H groups in total. The van der Waals surface area contributed by atoms with Crippen LogP contribution in [-0.4, -0.2) is 34.9 Å². The number of hydrogen-bond donors (Lipinski definition) is 0. The number of imidazole rings is 1. The summed E-state index contributed by atoms with van der Waals surface area (Å²) in [6.07, 6.45) is 7.12. The maximum atomic E-state index is 12.2. The third-order valence-corrected chi connectivity index (χ3v) is 7.53. The fourth-order valence-electron chi connectivity index (χ4n) is 2.50. The Morgan fingerprint density at radius 1 is 1.44 bits per heavy atom. The van der Waals surface area contributed by atoms with Gasteiger partial charge in [-0.1, -0.05) is 25.1 Å². The largest absolute Gasteiger partial charge is 0.616 e. The lowest BCUT2D eigenvalue weighted by molar-refractivity contribution is 0.596. The first kappa shape index (κ1) is 19.9. The second kappa shape index (κ2) is 9.37. The predicted molar refractivity (Wildman–Crippen MR) is 111 cm³/mol. The van der Waals surface area contributed by atoms with Crippen molar-refractivity contribution in [1.82, 2.24) is 19.5 Å². The fraction of sp³-hybridized carbons (Fsp3) is 0.333. The molecule has 0 saturated heterocycles. The van der Waals surface area contributed by atoms with Crippen molar-refractivity contribution in [2.75, 3.05) is 10.8 Å². The van der Waals surface area contributed by atoms with Gasteiger partial charge in [-0.15, -0.1) is 11.3 Å². The first-order valence-electron chi connectivity index (χ1n) is 8.43. The molecule has 3 heterocycles. The summed E-state index contributed by atoms with van der Waals surface area (Å²) in [5, 5.41) is 13.5. The van der Waals surface area contributed by atoms with E-state index in [1.165, 1.54) is 23.1 Å². The molecule has 0 aromatic carbocycles. The number of aromatic nitrogens is 4. The van der Waals surface area contributed by atoms with Crippen LogP contribution in [0.5, 0.6) is 0 Å². The number of aryl methyl sites for hydroxylation is 1. The van der Waals surface area contributed by atoms with Crippen LogP contribution < -0.4 is 0 Å². The molecule has 0 radical (unpaired) electrons. The summed E-state index contributed by atoms with van der Waals surface area (Å²) in [5.41, 5.74) is 2.79. The molecule has 3 aromatic rings. The minimum Gasteiger partial charge on any atom is -0.616 e. The third kappa shape index (κ3) is 4.71. The Hall–Kier alpha value is -1.86. The van der Waals surface area contributed by atoms with Crippen molar-refractivity contribution >= 4 is 34.3 Å². The van der Waals surface area contributed by atoms with Gasteiger partial charge in [-0.05, 0) is 23.7 Å². The van der Waals surface area contributed by atoms with Crippen molar-refractivity contribution in [3.8, 4) is 28.0 Å². The maximum absolute atomic E-state index is 12.2. The monoisotopic (exact) mass is 417 g/mol. The van der Waals surface area contributed by atoms with Crippen LogP contribution in [0.3, 0.4) is 0 Å². The molecule has 1 atom stereocenters. The fourth-order valence-corrected chi connectivity index (χ4v) is 5.61. The highest BCUT2D eigenvalue weighted by Crippen LogP contribution is 2.34. The van der Waals surface area contributed by atoms with Crippen LogP contribution >= 0.6 is 23.1 Å². The van der Waals surface area contributed by atoms with Crippen molar-refractivity contribution in [2.24, 2.45) is 7.05 Å². The molecule has 0 aliphatic heterocycles. The molecule has 0 bridgehead atoms. The molecule has 3 aromatic heterocycles. The van der Waals surface area contributed by atoms with Crippen LogP contribution in [0, 0.1) is 11.3 Å². The molecule has 0 aliphatic rings. The molecule has 0 aliphatic carbocycles. The van der Waals surface area contributed by atoms with E-state index in [1.54, 1.807) is 18.7 Å². The van der Waals surface area contributed by atoms with Gasteiger partial charge in [0.1, 0.15) is 27.5 Å². The average molecular weight is 418 g/mol. The predicted octanol–water partition coefficient (Wildman–Crippen LogP) is 4.08. The van der Waals surface area contributed by atoms with E-state index in [0.29, 0.717) is 27.1 Å². The van der Waals surface area contributed by atoms with Crippen LogP contribution in [0.25, 0.3) is 22.0 Å². The Labute approximate surface area is 169 Å². The smallest absolute Gasteiger partial charge is 0.156 e. The molecule has 6 nitrogen and oxygen atoms in total. The Morgan fingerprint density at radius 2 is 2.30 bits per heavy atom. The van der Waals surface area contributed by atoms with Gasteiger partial charge in [-0.2, -0.15) is 5.26 Å². The standard InChI is InChI=1S/C18H19N5OS3/c1-3-4-7-27(24)12-26-17-14(9-19)13(16-10-20-11-23(16)2)8-15(22-17)18-21-5-6-25-18/h5-6,8,10-11H,3-4,7,12H2,1-2H3. The van der Waals surface area contributed by atoms with Gasteiger partial charge in [0, 0.05) is 24.2 Å². The van der Waals surface area contributed by atoms with Crippen molar-refractivity contribution in [3.63, 3.8) is 0 Å². The zero-order chi connectivity index (χ0) is 19.2. The Balaban J connectivity index is 2.02. The topological polar surface area (TPSA) is 90.4 Å². The number of hydrogen-bond acceptors (Lipinski definition) is 7. The molecule has 0 amide bonds. The molecule has 0 saturated carbocycles. The van der Waals surface area contributed by atoms with Crippen LogP contribution in [0.15, 0.2) is 35.2 Å². The van der Waals surface area contributed by atoms with Crippen molar-refractivity contribution in [1.29, 1.82) is 5.26 Å². The number of nitrogens with zero attached hydrogens (tertiary/aromatic N) is 5. The first-order chi connectivity index (χ1) is 13.1. The zero-order valence-corrected chi connectivity index (χ0v) is 17.5.